The van der Waals surface area contributed by atoms with Crippen LogP contribution < -0.4 is 10.1 Å². The standard InChI is InChI=1S/C17H22N4O3/c1-11-4-5-13(8-18-11)24-16-6-7-23-10-15(16)19-17(22)14-9-21(3)20-12(14)2/h4-5,8-9,15-16H,6-7,10H2,1-3H3,(H,19,22)/t15-,16+/m1/s1. The van der Waals surface area contributed by atoms with Crippen LogP contribution in [0, 0.1) is 13.8 Å². The van der Waals surface area contributed by atoms with E-state index < -0.39 is 0 Å². The highest BCUT2D eigenvalue weighted by Crippen LogP contribution is 2.18. The Morgan fingerprint density at radius 1 is 1.42 bits per heavy atom. The number of aryl methyl sites for hydroxylation is 3. The summed E-state index contributed by atoms with van der Waals surface area (Å²) in [7, 11) is 1.80. The van der Waals surface area contributed by atoms with Gasteiger partial charge in [0, 0.05) is 25.4 Å². The molecule has 3 heterocycles. The number of nitrogens with zero attached hydrogens (tertiary/aromatic N) is 3. The highest BCUT2D eigenvalue weighted by Gasteiger charge is 2.30. The highest BCUT2D eigenvalue weighted by molar-refractivity contribution is 5.95. The van der Waals surface area contributed by atoms with Crippen LogP contribution in [0.5, 0.6) is 5.75 Å². The lowest BCUT2D eigenvalue weighted by Crippen LogP contribution is -2.51. The van der Waals surface area contributed by atoms with E-state index >= 15 is 0 Å². The number of hydrogen-bond acceptors (Lipinski definition) is 5. The van der Waals surface area contributed by atoms with Crippen molar-refractivity contribution >= 4 is 5.91 Å². The van der Waals surface area contributed by atoms with Crippen LogP contribution in [0.15, 0.2) is 24.5 Å². The highest BCUT2D eigenvalue weighted by atomic mass is 16.5. The number of hydrogen-bond donors (Lipinski definition) is 1. The summed E-state index contributed by atoms with van der Waals surface area (Å²) in [6.07, 6.45) is 3.98. The van der Waals surface area contributed by atoms with E-state index in [1.54, 1.807) is 24.1 Å². The van der Waals surface area contributed by atoms with Crippen LogP contribution in [0.3, 0.4) is 0 Å². The van der Waals surface area contributed by atoms with Gasteiger partial charge in [0.25, 0.3) is 5.91 Å². The molecule has 0 aliphatic carbocycles. The minimum Gasteiger partial charge on any atom is -0.486 e. The van der Waals surface area contributed by atoms with Crippen LogP contribution in [0.25, 0.3) is 0 Å². The summed E-state index contributed by atoms with van der Waals surface area (Å²) >= 11 is 0. The molecule has 2 aromatic rings. The zero-order valence-electron chi connectivity index (χ0n) is 14.2. The van der Waals surface area contributed by atoms with Gasteiger partial charge in [-0.25, -0.2) is 0 Å². The third-order valence-electron chi connectivity index (χ3n) is 4.04. The molecule has 7 nitrogen and oxygen atoms in total. The smallest absolute Gasteiger partial charge is 0.255 e. The van der Waals surface area contributed by atoms with Gasteiger partial charge in [0.2, 0.25) is 0 Å². The molecule has 1 N–H and O–H groups in total. The minimum atomic E-state index is -0.216. The van der Waals surface area contributed by atoms with Crippen LogP contribution in [-0.4, -0.2) is 46.0 Å². The summed E-state index contributed by atoms with van der Waals surface area (Å²) in [5, 5.41) is 7.21. The zero-order chi connectivity index (χ0) is 17.1. The lowest BCUT2D eigenvalue weighted by Gasteiger charge is -2.32. The number of pyridine rings is 1. The third kappa shape index (κ3) is 3.73. The van der Waals surface area contributed by atoms with E-state index in [-0.39, 0.29) is 18.1 Å². The summed E-state index contributed by atoms with van der Waals surface area (Å²) < 4.78 is 13.2. The lowest BCUT2D eigenvalue weighted by atomic mass is 10.1. The quantitative estimate of drug-likeness (QED) is 0.917. The molecule has 1 aliphatic heterocycles. The van der Waals surface area contributed by atoms with Crippen molar-refractivity contribution in [1.29, 1.82) is 0 Å². The van der Waals surface area contributed by atoms with E-state index in [0.717, 1.165) is 5.69 Å². The van der Waals surface area contributed by atoms with Crippen molar-refractivity contribution in [2.24, 2.45) is 7.05 Å². The molecule has 24 heavy (non-hydrogen) atoms. The molecule has 0 spiro atoms. The van der Waals surface area contributed by atoms with Gasteiger partial charge in [0.1, 0.15) is 11.9 Å². The second-order valence-corrected chi connectivity index (χ2v) is 6.04. The number of aromatic nitrogens is 3. The molecule has 1 saturated heterocycles. The Labute approximate surface area is 141 Å². The van der Waals surface area contributed by atoms with Crippen LogP contribution in [0.4, 0.5) is 0 Å². The van der Waals surface area contributed by atoms with Crippen molar-refractivity contribution in [3.63, 3.8) is 0 Å². The third-order valence-corrected chi connectivity index (χ3v) is 4.04. The molecule has 0 aromatic carbocycles. The number of carbonyl (C=O) groups excluding carboxylic acids is 1. The maximum atomic E-state index is 12.5. The lowest BCUT2D eigenvalue weighted by molar-refractivity contribution is -0.00302. The predicted molar refractivity (Wildman–Crippen MR) is 88.0 cm³/mol. The first kappa shape index (κ1) is 16.4. The molecule has 1 aliphatic rings. The molecule has 1 fully saturated rings. The largest absolute Gasteiger partial charge is 0.486 e. The van der Waals surface area contributed by atoms with Gasteiger partial charge in [0.15, 0.2) is 0 Å². The first-order valence-electron chi connectivity index (χ1n) is 8.01. The van der Waals surface area contributed by atoms with Gasteiger partial charge < -0.3 is 14.8 Å². The zero-order valence-corrected chi connectivity index (χ0v) is 14.2. The molecule has 128 valence electrons. The average molecular weight is 330 g/mol. The normalized spacial score (nSPS) is 20.6. The fourth-order valence-electron chi connectivity index (χ4n) is 2.76. The molecule has 0 bridgehead atoms. The first-order chi connectivity index (χ1) is 11.5. The van der Waals surface area contributed by atoms with Gasteiger partial charge in [-0.1, -0.05) is 0 Å². The van der Waals surface area contributed by atoms with Crippen LogP contribution in [-0.2, 0) is 11.8 Å². The molecule has 7 heteroatoms. The molecule has 3 rings (SSSR count). The number of amides is 1. The van der Waals surface area contributed by atoms with E-state index in [0.29, 0.717) is 36.6 Å². The molecule has 0 radical (unpaired) electrons. The Morgan fingerprint density at radius 2 is 2.25 bits per heavy atom. The Kier molecular flexibility index (Phi) is 4.80. The summed E-state index contributed by atoms with van der Waals surface area (Å²) in [6.45, 7) is 4.78. The van der Waals surface area contributed by atoms with E-state index in [1.165, 1.54) is 0 Å². The van der Waals surface area contributed by atoms with Crippen molar-refractivity contribution in [3.8, 4) is 5.75 Å². The molecule has 2 aromatic heterocycles. The molecule has 0 unspecified atom stereocenters. The van der Waals surface area contributed by atoms with Crippen molar-refractivity contribution in [2.45, 2.75) is 32.4 Å². The molecule has 2 atom stereocenters. The van der Waals surface area contributed by atoms with Gasteiger partial charge in [-0.05, 0) is 26.0 Å². The molecule has 1 amide bonds. The Hall–Kier alpha value is -2.41. The van der Waals surface area contributed by atoms with Crippen molar-refractivity contribution in [2.75, 3.05) is 13.2 Å². The molecular formula is C17H22N4O3. The fourth-order valence-corrected chi connectivity index (χ4v) is 2.76. The number of rotatable bonds is 4. The first-order valence-corrected chi connectivity index (χ1v) is 8.01. The van der Waals surface area contributed by atoms with Crippen LogP contribution in [0.2, 0.25) is 0 Å². The van der Waals surface area contributed by atoms with E-state index in [2.05, 4.69) is 15.4 Å². The van der Waals surface area contributed by atoms with E-state index in [9.17, 15) is 4.79 Å². The summed E-state index contributed by atoms with van der Waals surface area (Å²) in [5.41, 5.74) is 2.21. The second-order valence-electron chi connectivity index (χ2n) is 6.04. The fraction of sp³-hybridized carbons (Fsp3) is 0.471. The summed E-state index contributed by atoms with van der Waals surface area (Å²) in [4.78, 5) is 16.7. The van der Waals surface area contributed by atoms with Crippen molar-refractivity contribution < 1.29 is 14.3 Å². The van der Waals surface area contributed by atoms with Gasteiger partial charge in [-0.3, -0.25) is 14.5 Å². The summed E-state index contributed by atoms with van der Waals surface area (Å²) in [6, 6.07) is 3.58. The van der Waals surface area contributed by atoms with Gasteiger partial charge in [-0.15, -0.1) is 0 Å². The SMILES string of the molecule is Cc1ccc(O[C@H]2CCOC[C@H]2NC(=O)c2cn(C)nc2C)cn1. The van der Waals surface area contributed by atoms with Gasteiger partial charge in [0.05, 0.1) is 36.7 Å². The Balaban J connectivity index is 1.69. The number of nitrogens with one attached hydrogen (secondary N) is 1. The van der Waals surface area contributed by atoms with E-state index in [4.69, 9.17) is 9.47 Å². The number of carbonyl (C=O) groups is 1. The Bertz CT molecular complexity index is 711. The topological polar surface area (TPSA) is 78.3 Å². The van der Waals surface area contributed by atoms with Crippen LogP contribution >= 0.6 is 0 Å². The molecular weight excluding hydrogens is 308 g/mol. The average Bonchev–Trinajstić information content (AvgIpc) is 2.90. The second kappa shape index (κ2) is 7.00. The monoisotopic (exact) mass is 330 g/mol. The van der Waals surface area contributed by atoms with Crippen LogP contribution in [0.1, 0.15) is 28.2 Å². The maximum Gasteiger partial charge on any atom is 0.255 e. The van der Waals surface area contributed by atoms with E-state index in [1.807, 2.05) is 26.0 Å². The minimum absolute atomic E-state index is 0.149. The summed E-state index contributed by atoms with van der Waals surface area (Å²) in [5.74, 6) is 0.538. The molecule has 0 saturated carbocycles. The van der Waals surface area contributed by atoms with Gasteiger partial charge in [-0.2, -0.15) is 5.10 Å². The van der Waals surface area contributed by atoms with Crippen molar-refractivity contribution in [1.82, 2.24) is 20.1 Å². The van der Waals surface area contributed by atoms with Crippen molar-refractivity contribution in [3.05, 3.63) is 41.5 Å². The maximum absolute atomic E-state index is 12.5. The number of ether oxygens (including phenoxy) is 2. The predicted octanol–water partition coefficient (Wildman–Crippen LogP) is 1.40. The Morgan fingerprint density at radius 3 is 2.92 bits per heavy atom. The van der Waals surface area contributed by atoms with Gasteiger partial charge >= 0.3 is 0 Å².